The highest BCUT2D eigenvalue weighted by Gasteiger charge is 2.45. The maximum atomic E-state index is 2.68. The molecule has 10 rings (SSSR count). The first kappa shape index (κ1) is 40.1. The van der Waals surface area contributed by atoms with Crippen LogP contribution in [0.5, 0.6) is 0 Å². The summed E-state index contributed by atoms with van der Waals surface area (Å²) in [6.07, 6.45) is 0. The molecule has 0 aliphatic carbocycles. The highest BCUT2D eigenvalue weighted by atomic mass is 15.2. The summed E-state index contributed by atoms with van der Waals surface area (Å²) in [7, 11) is 0. The van der Waals surface area contributed by atoms with Gasteiger partial charge in [0.1, 0.15) is 0 Å². The minimum Gasteiger partial charge on any atom is -0.376 e. The van der Waals surface area contributed by atoms with E-state index in [0.29, 0.717) is 0 Å². The molecule has 3 heterocycles. The summed E-state index contributed by atoms with van der Waals surface area (Å²) in [5.74, 6) is 0. The number of para-hydroxylation sites is 2. The summed E-state index contributed by atoms with van der Waals surface area (Å²) < 4.78 is 2.63. The maximum Gasteiger partial charge on any atom is 0.333 e. The van der Waals surface area contributed by atoms with Gasteiger partial charge >= 0.3 is 6.85 Å². The molecule has 0 amide bonds. The fourth-order valence-corrected chi connectivity index (χ4v) is 9.99. The molecular formula is C58H60BN3. The van der Waals surface area contributed by atoms with E-state index in [1.807, 2.05) is 0 Å². The summed E-state index contributed by atoms with van der Waals surface area (Å²) in [5.41, 5.74) is 20.2. The SMILES string of the molecule is CC(C)(C)c1ccc(N2B3c4c(cc(N(c5ccccc5)c5ccccc5)cc4-n4c5ccc(C(C)(C)C)cc5c5cc(C(C)(C)C)cc3c54)-c3cc(C(C)(C)C)ccc32)cc1. The van der Waals surface area contributed by atoms with Crippen LogP contribution in [0.1, 0.15) is 105 Å². The number of anilines is 5. The summed E-state index contributed by atoms with van der Waals surface area (Å²) in [4.78, 5) is 5.12. The molecule has 3 nitrogen and oxygen atoms in total. The fourth-order valence-electron chi connectivity index (χ4n) is 9.99. The van der Waals surface area contributed by atoms with Crippen LogP contribution >= 0.6 is 0 Å². The van der Waals surface area contributed by atoms with E-state index in [2.05, 4.69) is 243 Å². The quantitative estimate of drug-likeness (QED) is 0.164. The van der Waals surface area contributed by atoms with Gasteiger partial charge in [-0.1, -0.05) is 150 Å². The van der Waals surface area contributed by atoms with Gasteiger partial charge in [0.25, 0.3) is 0 Å². The molecule has 0 bridgehead atoms. The third-order valence-corrected chi connectivity index (χ3v) is 13.5. The van der Waals surface area contributed by atoms with Crippen molar-refractivity contribution >= 4 is 68.0 Å². The van der Waals surface area contributed by atoms with Gasteiger partial charge in [-0.2, -0.15) is 0 Å². The van der Waals surface area contributed by atoms with E-state index >= 15 is 0 Å². The van der Waals surface area contributed by atoms with Crippen molar-refractivity contribution in [3.05, 3.63) is 168 Å². The molecule has 4 heteroatoms. The average Bonchev–Trinajstić information content (AvgIpc) is 3.56. The Balaban J connectivity index is 1.39. The molecule has 0 fully saturated rings. The van der Waals surface area contributed by atoms with Crippen LogP contribution in [0.3, 0.4) is 0 Å². The van der Waals surface area contributed by atoms with Crippen molar-refractivity contribution in [1.82, 2.24) is 4.57 Å². The van der Waals surface area contributed by atoms with Crippen molar-refractivity contribution in [2.75, 3.05) is 9.71 Å². The van der Waals surface area contributed by atoms with Gasteiger partial charge in [0.05, 0.1) is 11.0 Å². The van der Waals surface area contributed by atoms with Gasteiger partial charge < -0.3 is 14.3 Å². The number of benzene rings is 7. The second-order valence-corrected chi connectivity index (χ2v) is 22.0. The molecule has 0 radical (unpaired) electrons. The summed E-state index contributed by atoms with van der Waals surface area (Å²) >= 11 is 0. The van der Waals surface area contributed by atoms with Crippen molar-refractivity contribution in [2.24, 2.45) is 0 Å². The Labute approximate surface area is 370 Å². The third kappa shape index (κ3) is 6.40. The van der Waals surface area contributed by atoms with Crippen molar-refractivity contribution in [3.63, 3.8) is 0 Å². The van der Waals surface area contributed by atoms with Crippen LogP contribution < -0.4 is 20.6 Å². The smallest absolute Gasteiger partial charge is 0.333 e. The van der Waals surface area contributed by atoms with E-state index in [1.165, 1.54) is 83.2 Å². The van der Waals surface area contributed by atoms with E-state index in [4.69, 9.17) is 0 Å². The van der Waals surface area contributed by atoms with Gasteiger partial charge in [-0.15, -0.1) is 0 Å². The summed E-state index contributed by atoms with van der Waals surface area (Å²) in [6.45, 7) is 27.9. The van der Waals surface area contributed by atoms with E-state index in [9.17, 15) is 0 Å². The lowest BCUT2D eigenvalue weighted by Crippen LogP contribution is -2.61. The van der Waals surface area contributed by atoms with Crippen LogP contribution in [-0.2, 0) is 21.7 Å². The molecule has 0 spiro atoms. The van der Waals surface area contributed by atoms with Crippen molar-refractivity contribution in [2.45, 2.75) is 105 Å². The van der Waals surface area contributed by atoms with Gasteiger partial charge in [0, 0.05) is 50.5 Å². The van der Waals surface area contributed by atoms with Crippen molar-refractivity contribution in [3.8, 4) is 16.8 Å². The molecule has 2 aliphatic rings. The fraction of sp³-hybridized carbons (Fsp3) is 0.276. The topological polar surface area (TPSA) is 11.4 Å². The average molecular weight is 810 g/mol. The molecule has 0 N–H and O–H groups in total. The zero-order valence-corrected chi connectivity index (χ0v) is 38.8. The van der Waals surface area contributed by atoms with E-state index in [-0.39, 0.29) is 28.5 Å². The van der Waals surface area contributed by atoms with Gasteiger partial charge in [0.15, 0.2) is 0 Å². The van der Waals surface area contributed by atoms with Crippen molar-refractivity contribution in [1.29, 1.82) is 0 Å². The molecule has 310 valence electrons. The molecule has 0 saturated carbocycles. The zero-order valence-electron chi connectivity index (χ0n) is 38.8. The van der Waals surface area contributed by atoms with Crippen LogP contribution in [-0.4, -0.2) is 11.4 Å². The van der Waals surface area contributed by atoms with Gasteiger partial charge in [-0.3, -0.25) is 0 Å². The Kier molecular flexibility index (Phi) is 8.89. The van der Waals surface area contributed by atoms with Gasteiger partial charge in [-0.05, 0) is 139 Å². The minimum absolute atomic E-state index is 0.00521. The molecule has 0 unspecified atom stereocenters. The van der Waals surface area contributed by atoms with Crippen LogP contribution in [0.2, 0.25) is 0 Å². The lowest BCUT2D eigenvalue weighted by molar-refractivity contribution is 0.590. The van der Waals surface area contributed by atoms with Gasteiger partial charge in [0.2, 0.25) is 0 Å². The van der Waals surface area contributed by atoms with E-state index < -0.39 is 0 Å². The first-order chi connectivity index (χ1) is 29.3. The first-order valence-electron chi connectivity index (χ1n) is 22.6. The predicted molar refractivity (Wildman–Crippen MR) is 269 cm³/mol. The highest BCUT2D eigenvalue weighted by Crippen LogP contribution is 2.49. The molecule has 0 saturated heterocycles. The monoisotopic (exact) mass is 809 g/mol. The molecule has 2 aliphatic heterocycles. The first-order valence-corrected chi connectivity index (χ1v) is 22.6. The van der Waals surface area contributed by atoms with Crippen molar-refractivity contribution < 1.29 is 0 Å². The number of rotatable bonds is 4. The van der Waals surface area contributed by atoms with Crippen LogP contribution in [0.15, 0.2) is 146 Å². The molecule has 8 aromatic rings. The van der Waals surface area contributed by atoms with E-state index in [0.717, 1.165) is 17.1 Å². The molecule has 0 atom stereocenters. The third-order valence-electron chi connectivity index (χ3n) is 13.5. The minimum atomic E-state index is -0.0758. The Morgan fingerprint density at radius 1 is 0.419 bits per heavy atom. The number of aromatic nitrogens is 1. The summed E-state index contributed by atoms with van der Waals surface area (Å²) in [5, 5.41) is 2.64. The maximum absolute atomic E-state index is 2.68. The Hall–Kier alpha value is -6.00. The Bertz CT molecular complexity index is 3000. The highest BCUT2D eigenvalue weighted by molar-refractivity contribution is 6.93. The normalized spacial score (nSPS) is 13.7. The lowest BCUT2D eigenvalue weighted by atomic mass is 9.43. The number of hydrogen-bond donors (Lipinski definition) is 0. The van der Waals surface area contributed by atoms with Crippen LogP contribution in [0.4, 0.5) is 28.4 Å². The molecule has 62 heavy (non-hydrogen) atoms. The second kappa shape index (κ2) is 13.8. The largest absolute Gasteiger partial charge is 0.376 e. The molecule has 1 aromatic heterocycles. The standard InChI is InChI=1S/C58H60BN3/c1-55(2,3)37-23-27-43(28-24-37)62-51-30-26-39(57(7,8)9)31-45(51)47-35-44(60(41-19-15-13-16-20-41)42-21-17-14-18-22-42)36-52-53(47)59(62)49-34-40(58(10,11)12)33-48-46-32-38(56(4,5)6)25-29-50(46)61(52)54(48)49/h13-36H,1-12H3. The second-order valence-electron chi connectivity index (χ2n) is 22.0. The Morgan fingerprint density at radius 2 is 0.952 bits per heavy atom. The predicted octanol–water partition coefficient (Wildman–Crippen LogP) is 14.7. The number of hydrogen-bond acceptors (Lipinski definition) is 2. The van der Waals surface area contributed by atoms with Crippen LogP contribution in [0, 0.1) is 0 Å². The van der Waals surface area contributed by atoms with Gasteiger partial charge in [-0.25, -0.2) is 0 Å². The number of nitrogens with zero attached hydrogens (tertiary/aromatic N) is 3. The van der Waals surface area contributed by atoms with Crippen LogP contribution in [0.25, 0.3) is 38.6 Å². The molecule has 7 aromatic carbocycles. The van der Waals surface area contributed by atoms with E-state index in [1.54, 1.807) is 0 Å². The summed E-state index contributed by atoms with van der Waals surface area (Å²) in [6, 6.07) is 55.8. The Morgan fingerprint density at radius 3 is 1.53 bits per heavy atom. The lowest BCUT2D eigenvalue weighted by Gasteiger charge is -2.43. The molecular weight excluding hydrogens is 749 g/mol. The zero-order chi connectivity index (χ0) is 43.7. The number of fused-ring (bicyclic) bond motifs is 7.